The van der Waals surface area contributed by atoms with E-state index in [4.69, 9.17) is 0 Å². The highest BCUT2D eigenvalue weighted by molar-refractivity contribution is 6.02. The quantitative estimate of drug-likeness (QED) is 0.561. The molecule has 36 heavy (non-hydrogen) atoms. The number of nitrogens with zero attached hydrogens (tertiary/aromatic N) is 2. The van der Waals surface area contributed by atoms with E-state index < -0.39 is 11.9 Å². The van der Waals surface area contributed by atoms with Crippen molar-refractivity contribution in [3.8, 4) is 11.1 Å². The zero-order chi connectivity index (χ0) is 25.2. The number of amides is 4. The lowest BCUT2D eigenvalue weighted by Gasteiger charge is -2.31. The van der Waals surface area contributed by atoms with E-state index in [0.717, 1.165) is 16.7 Å². The summed E-state index contributed by atoms with van der Waals surface area (Å²) >= 11 is 0. The maximum atomic E-state index is 13.4. The summed E-state index contributed by atoms with van der Waals surface area (Å²) in [7, 11) is 1.59. The van der Waals surface area contributed by atoms with Crippen LogP contribution in [0.1, 0.15) is 17.2 Å². The molecule has 0 saturated heterocycles. The van der Waals surface area contributed by atoms with E-state index in [-0.39, 0.29) is 30.9 Å². The number of urea groups is 1. The highest BCUT2D eigenvalue weighted by Gasteiger charge is 2.43. The number of likely N-dealkylation sites (N-methyl/N-ethyl adjacent to an activating group) is 1. The van der Waals surface area contributed by atoms with Crippen molar-refractivity contribution in [2.45, 2.75) is 12.6 Å². The standard InChI is InChI=1S/C28H25FN4O3/c1-32-23-16-33(27(35)25(23)26(31-28(32)36)19-11-13-21(29)14-12-19)17-24(34)30-15-20-9-5-6-10-22(20)18-7-3-2-4-8-18/h2-14,26H,15-17H2,1H3,(H,30,34)(H,31,36). The third kappa shape index (κ3) is 4.45. The van der Waals surface area contributed by atoms with Crippen LogP contribution in [0.25, 0.3) is 11.1 Å². The number of hydrogen-bond donors (Lipinski definition) is 2. The van der Waals surface area contributed by atoms with Crippen LogP contribution < -0.4 is 10.6 Å². The van der Waals surface area contributed by atoms with Crippen LogP contribution in [0.15, 0.2) is 90.1 Å². The molecule has 0 aromatic heterocycles. The number of benzene rings is 3. The van der Waals surface area contributed by atoms with E-state index in [1.54, 1.807) is 19.2 Å². The van der Waals surface area contributed by atoms with E-state index in [9.17, 15) is 18.8 Å². The Morgan fingerprint density at radius 2 is 1.69 bits per heavy atom. The Bertz CT molecular complexity index is 1350. The smallest absolute Gasteiger partial charge is 0.322 e. The predicted octanol–water partition coefficient (Wildman–Crippen LogP) is 3.60. The Labute approximate surface area is 208 Å². The molecule has 2 N–H and O–H groups in total. The Morgan fingerprint density at radius 3 is 2.44 bits per heavy atom. The molecule has 5 rings (SSSR count). The Kier molecular flexibility index (Phi) is 6.25. The monoisotopic (exact) mass is 484 g/mol. The fourth-order valence-electron chi connectivity index (χ4n) is 4.65. The molecule has 1 atom stereocenters. The van der Waals surface area contributed by atoms with Crippen molar-refractivity contribution in [2.75, 3.05) is 20.1 Å². The summed E-state index contributed by atoms with van der Waals surface area (Å²) in [5.41, 5.74) is 4.59. The topological polar surface area (TPSA) is 81.8 Å². The van der Waals surface area contributed by atoms with Gasteiger partial charge in [0.1, 0.15) is 12.4 Å². The third-order valence-electron chi connectivity index (χ3n) is 6.55. The van der Waals surface area contributed by atoms with Crippen molar-refractivity contribution < 1.29 is 18.8 Å². The van der Waals surface area contributed by atoms with Crippen LogP contribution in [0.4, 0.5) is 9.18 Å². The van der Waals surface area contributed by atoms with Crippen LogP contribution in [0.2, 0.25) is 0 Å². The van der Waals surface area contributed by atoms with Gasteiger partial charge in [-0.15, -0.1) is 0 Å². The van der Waals surface area contributed by atoms with Crippen LogP contribution in [0, 0.1) is 5.82 Å². The summed E-state index contributed by atoms with van der Waals surface area (Å²) in [6, 6.07) is 22.4. The Balaban J connectivity index is 1.29. The first-order valence-corrected chi connectivity index (χ1v) is 11.6. The van der Waals surface area contributed by atoms with Gasteiger partial charge in [0.2, 0.25) is 5.91 Å². The molecular formula is C28H25FN4O3. The lowest BCUT2D eigenvalue weighted by molar-refractivity contribution is -0.132. The van der Waals surface area contributed by atoms with Crippen molar-refractivity contribution in [1.29, 1.82) is 0 Å². The molecule has 1 unspecified atom stereocenters. The molecule has 8 heteroatoms. The minimum atomic E-state index is -0.706. The molecule has 4 amide bonds. The van der Waals surface area contributed by atoms with Crippen molar-refractivity contribution in [3.05, 3.63) is 107 Å². The summed E-state index contributed by atoms with van der Waals surface area (Å²) in [5, 5.41) is 5.72. The first kappa shape index (κ1) is 23.3. The summed E-state index contributed by atoms with van der Waals surface area (Å²) < 4.78 is 13.4. The molecule has 0 saturated carbocycles. The number of carbonyl (C=O) groups excluding carboxylic acids is 3. The average molecular weight is 485 g/mol. The molecule has 0 fully saturated rings. The van der Waals surface area contributed by atoms with Gasteiger partial charge in [0.15, 0.2) is 0 Å². The van der Waals surface area contributed by atoms with Gasteiger partial charge in [-0.1, -0.05) is 66.7 Å². The second-order valence-corrected chi connectivity index (χ2v) is 8.81. The zero-order valence-electron chi connectivity index (χ0n) is 19.7. The molecule has 0 aliphatic carbocycles. The van der Waals surface area contributed by atoms with E-state index in [0.29, 0.717) is 23.4 Å². The Morgan fingerprint density at radius 1 is 1.00 bits per heavy atom. The van der Waals surface area contributed by atoms with Crippen molar-refractivity contribution >= 4 is 17.8 Å². The lowest BCUT2D eigenvalue weighted by atomic mass is 9.96. The van der Waals surface area contributed by atoms with E-state index >= 15 is 0 Å². The SMILES string of the molecule is CN1C(=O)NC(c2ccc(F)cc2)C2=C1CN(CC(=O)NCc1ccccc1-c1ccccc1)C2=O. The van der Waals surface area contributed by atoms with E-state index in [1.807, 2.05) is 54.6 Å². The molecule has 3 aromatic carbocycles. The number of rotatable bonds is 6. The van der Waals surface area contributed by atoms with Gasteiger partial charge in [-0.3, -0.25) is 14.5 Å². The maximum Gasteiger partial charge on any atom is 0.322 e. The van der Waals surface area contributed by atoms with Crippen LogP contribution in [-0.4, -0.2) is 47.8 Å². The normalized spacial score (nSPS) is 17.2. The van der Waals surface area contributed by atoms with Gasteiger partial charge in [-0.25, -0.2) is 9.18 Å². The predicted molar refractivity (Wildman–Crippen MR) is 133 cm³/mol. The van der Waals surface area contributed by atoms with E-state index in [1.165, 1.54) is 21.9 Å². The largest absolute Gasteiger partial charge is 0.350 e. The number of carbonyl (C=O) groups is 3. The molecule has 182 valence electrons. The number of nitrogens with one attached hydrogen (secondary N) is 2. The first-order valence-electron chi connectivity index (χ1n) is 11.6. The second-order valence-electron chi connectivity index (χ2n) is 8.81. The van der Waals surface area contributed by atoms with Crippen LogP contribution in [0.5, 0.6) is 0 Å². The van der Waals surface area contributed by atoms with Gasteiger partial charge < -0.3 is 15.5 Å². The molecule has 7 nitrogen and oxygen atoms in total. The molecule has 2 aliphatic rings. The summed E-state index contributed by atoms with van der Waals surface area (Å²) in [4.78, 5) is 41.5. The van der Waals surface area contributed by atoms with Crippen LogP contribution >= 0.6 is 0 Å². The highest BCUT2D eigenvalue weighted by Crippen LogP contribution is 2.35. The van der Waals surface area contributed by atoms with Gasteiger partial charge in [0.25, 0.3) is 5.91 Å². The van der Waals surface area contributed by atoms with Crippen molar-refractivity contribution in [3.63, 3.8) is 0 Å². The summed E-state index contributed by atoms with van der Waals surface area (Å²) in [5.74, 6) is -1.03. The van der Waals surface area contributed by atoms with Crippen molar-refractivity contribution in [1.82, 2.24) is 20.4 Å². The van der Waals surface area contributed by atoms with Crippen LogP contribution in [0.3, 0.4) is 0 Å². The maximum absolute atomic E-state index is 13.4. The minimum Gasteiger partial charge on any atom is -0.350 e. The molecule has 3 aromatic rings. The van der Waals surface area contributed by atoms with Gasteiger partial charge in [0.05, 0.1) is 23.9 Å². The van der Waals surface area contributed by atoms with Gasteiger partial charge in [0, 0.05) is 13.6 Å². The molecule has 2 heterocycles. The first-order chi connectivity index (χ1) is 17.4. The molecular weight excluding hydrogens is 459 g/mol. The van der Waals surface area contributed by atoms with Crippen molar-refractivity contribution in [2.24, 2.45) is 0 Å². The number of hydrogen-bond acceptors (Lipinski definition) is 3. The lowest BCUT2D eigenvalue weighted by Crippen LogP contribution is -2.45. The van der Waals surface area contributed by atoms with Gasteiger partial charge in [-0.2, -0.15) is 0 Å². The van der Waals surface area contributed by atoms with E-state index in [2.05, 4.69) is 10.6 Å². The minimum absolute atomic E-state index is 0.141. The highest BCUT2D eigenvalue weighted by atomic mass is 19.1. The number of halogens is 1. The fraction of sp³-hybridized carbons (Fsp3) is 0.179. The molecule has 2 aliphatic heterocycles. The summed E-state index contributed by atoms with van der Waals surface area (Å²) in [6.45, 7) is 0.318. The summed E-state index contributed by atoms with van der Waals surface area (Å²) in [6.07, 6.45) is 0. The average Bonchev–Trinajstić information content (AvgIpc) is 3.22. The van der Waals surface area contributed by atoms with Crippen LogP contribution in [-0.2, 0) is 16.1 Å². The Hall–Kier alpha value is -4.46. The van der Waals surface area contributed by atoms with Gasteiger partial charge >= 0.3 is 6.03 Å². The zero-order valence-corrected chi connectivity index (χ0v) is 19.7. The fourth-order valence-corrected chi connectivity index (χ4v) is 4.65. The molecule has 0 spiro atoms. The molecule has 0 radical (unpaired) electrons. The second kappa shape index (κ2) is 9.65. The van der Waals surface area contributed by atoms with Gasteiger partial charge in [-0.05, 0) is 34.4 Å². The molecule has 0 bridgehead atoms. The third-order valence-corrected chi connectivity index (χ3v) is 6.55.